The number of carbonyl (C=O) groups is 2. The fraction of sp³-hybridized carbons (Fsp3) is 0.190. The number of methoxy groups -OCH3 is 1. The first-order valence-corrected chi connectivity index (χ1v) is 8.51. The average molecular weight is 365 g/mol. The molecule has 1 aromatic heterocycles. The zero-order valence-electron chi connectivity index (χ0n) is 15.4. The topological polar surface area (TPSA) is 94.3 Å². The van der Waals surface area contributed by atoms with Gasteiger partial charge in [0.25, 0.3) is 0 Å². The van der Waals surface area contributed by atoms with Gasteiger partial charge < -0.3 is 15.8 Å². The van der Waals surface area contributed by atoms with Crippen molar-refractivity contribution in [3.8, 4) is 5.75 Å². The van der Waals surface area contributed by atoms with Crippen LogP contribution in [0.3, 0.4) is 0 Å². The molecule has 6 nitrogen and oxygen atoms in total. The molecular formula is C21H23N3O3. The minimum Gasteiger partial charge on any atom is -0.497 e. The molecule has 27 heavy (non-hydrogen) atoms. The van der Waals surface area contributed by atoms with E-state index >= 15 is 0 Å². The van der Waals surface area contributed by atoms with E-state index in [4.69, 9.17) is 10.5 Å². The van der Waals surface area contributed by atoms with Crippen molar-refractivity contribution in [2.75, 3.05) is 13.7 Å². The SMILES string of the molecule is COc1ccc2cccc(CCNC(C)=O)c2c1.NC(=O)c1ccncc1. The van der Waals surface area contributed by atoms with Crippen LogP contribution in [0, 0.1) is 0 Å². The molecule has 0 saturated heterocycles. The Morgan fingerprint density at radius 2 is 1.85 bits per heavy atom. The number of pyridine rings is 1. The van der Waals surface area contributed by atoms with Crippen LogP contribution in [0.4, 0.5) is 0 Å². The number of amides is 2. The molecule has 0 bridgehead atoms. The van der Waals surface area contributed by atoms with Crippen LogP contribution in [0.15, 0.2) is 60.9 Å². The van der Waals surface area contributed by atoms with Crippen molar-refractivity contribution in [3.05, 3.63) is 72.1 Å². The molecule has 2 amide bonds. The van der Waals surface area contributed by atoms with E-state index in [2.05, 4.69) is 28.5 Å². The molecule has 0 radical (unpaired) electrons. The van der Waals surface area contributed by atoms with Crippen LogP contribution in [-0.2, 0) is 11.2 Å². The summed E-state index contributed by atoms with van der Waals surface area (Å²) < 4.78 is 5.25. The molecule has 140 valence electrons. The second-order valence-corrected chi connectivity index (χ2v) is 5.84. The van der Waals surface area contributed by atoms with Crippen molar-refractivity contribution in [3.63, 3.8) is 0 Å². The average Bonchev–Trinajstić information content (AvgIpc) is 2.68. The smallest absolute Gasteiger partial charge is 0.248 e. The molecule has 2 aromatic carbocycles. The van der Waals surface area contributed by atoms with Crippen molar-refractivity contribution in [1.29, 1.82) is 0 Å². The first kappa shape index (κ1) is 19.9. The number of carbonyl (C=O) groups excluding carboxylic acids is 2. The number of hydrogen-bond donors (Lipinski definition) is 2. The Hall–Kier alpha value is -3.41. The zero-order valence-corrected chi connectivity index (χ0v) is 15.4. The summed E-state index contributed by atoms with van der Waals surface area (Å²) >= 11 is 0. The molecule has 3 rings (SSSR count). The van der Waals surface area contributed by atoms with E-state index < -0.39 is 5.91 Å². The quantitative estimate of drug-likeness (QED) is 0.727. The Kier molecular flexibility index (Phi) is 7.31. The van der Waals surface area contributed by atoms with E-state index in [1.807, 2.05) is 18.2 Å². The van der Waals surface area contributed by atoms with Crippen LogP contribution >= 0.6 is 0 Å². The van der Waals surface area contributed by atoms with Crippen LogP contribution in [-0.4, -0.2) is 30.5 Å². The number of nitrogens with one attached hydrogen (secondary N) is 1. The van der Waals surface area contributed by atoms with Gasteiger partial charge in [0.15, 0.2) is 0 Å². The van der Waals surface area contributed by atoms with Crippen LogP contribution < -0.4 is 15.8 Å². The third-order valence-electron chi connectivity index (χ3n) is 3.91. The van der Waals surface area contributed by atoms with E-state index in [1.165, 1.54) is 35.7 Å². The maximum Gasteiger partial charge on any atom is 0.248 e. The van der Waals surface area contributed by atoms with Crippen molar-refractivity contribution < 1.29 is 14.3 Å². The van der Waals surface area contributed by atoms with Crippen LogP contribution in [0.1, 0.15) is 22.8 Å². The first-order chi connectivity index (χ1) is 13.0. The molecule has 0 fully saturated rings. The highest BCUT2D eigenvalue weighted by Crippen LogP contribution is 2.24. The van der Waals surface area contributed by atoms with Gasteiger partial charge in [-0.05, 0) is 47.0 Å². The lowest BCUT2D eigenvalue weighted by Crippen LogP contribution is -2.22. The number of primary amides is 1. The second kappa shape index (κ2) is 9.91. The van der Waals surface area contributed by atoms with Crippen molar-refractivity contribution in [2.24, 2.45) is 5.73 Å². The molecule has 1 heterocycles. The zero-order chi connectivity index (χ0) is 19.6. The molecule has 0 unspecified atom stereocenters. The number of benzene rings is 2. The van der Waals surface area contributed by atoms with E-state index in [9.17, 15) is 9.59 Å². The Balaban J connectivity index is 0.000000244. The largest absolute Gasteiger partial charge is 0.497 e. The lowest BCUT2D eigenvalue weighted by atomic mass is 10.0. The van der Waals surface area contributed by atoms with E-state index in [0.717, 1.165) is 12.2 Å². The van der Waals surface area contributed by atoms with Crippen molar-refractivity contribution in [2.45, 2.75) is 13.3 Å². The second-order valence-electron chi connectivity index (χ2n) is 5.84. The highest BCUT2D eigenvalue weighted by atomic mass is 16.5. The summed E-state index contributed by atoms with van der Waals surface area (Å²) in [5.41, 5.74) is 6.66. The summed E-state index contributed by atoms with van der Waals surface area (Å²) in [7, 11) is 1.67. The summed E-state index contributed by atoms with van der Waals surface area (Å²) in [6.45, 7) is 2.19. The molecule has 3 N–H and O–H groups in total. The van der Waals surface area contributed by atoms with E-state index in [0.29, 0.717) is 12.1 Å². The predicted octanol–water partition coefficient (Wildman–Crippen LogP) is 2.71. The van der Waals surface area contributed by atoms with Crippen molar-refractivity contribution >= 4 is 22.6 Å². The normalized spacial score (nSPS) is 9.85. The van der Waals surface area contributed by atoms with Gasteiger partial charge in [-0.15, -0.1) is 0 Å². The highest BCUT2D eigenvalue weighted by Gasteiger charge is 2.03. The first-order valence-electron chi connectivity index (χ1n) is 8.51. The van der Waals surface area contributed by atoms with Gasteiger partial charge in [0.2, 0.25) is 11.8 Å². The van der Waals surface area contributed by atoms with Gasteiger partial charge in [0, 0.05) is 31.4 Å². The highest BCUT2D eigenvalue weighted by molar-refractivity contribution is 5.92. The molecule has 0 aliphatic rings. The number of nitrogens with two attached hydrogens (primary N) is 1. The molecular weight excluding hydrogens is 342 g/mol. The third kappa shape index (κ3) is 6.11. The predicted molar refractivity (Wildman–Crippen MR) is 106 cm³/mol. The number of hydrogen-bond acceptors (Lipinski definition) is 4. The lowest BCUT2D eigenvalue weighted by molar-refractivity contribution is -0.118. The number of aromatic nitrogens is 1. The monoisotopic (exact) mass is 365 g/mol. The molecule has 0 saturated carbocycles. The molecule has 6 heteroatoms. The Bertz CT molecular complexity index is 911. The minimum atomic E-state index is -0.419. The maximum absolute atomic E-state index is 10.9. The molecule has 0 aliphatic heterocycles. The van der Waals surface area contributed by atoms with Crippen LogP contribution in [0.5, 0.6) is 5.75 Å². The summed E-state index contributed by atoms with van der Waals surface area (Å²) in [6, 6.07) is 15.4. The van der Waals surface area contributed by atoms with Gasteiger partial charge in [-0.3, -0.25) is 14.6 Å². The summed E-state index contributed by atoms with van der Waals surface area (Å²) in [6.07, 6.45) is 3.88. The number of fused-ring (bicyclic) bond motifs is 1. The van der Waals surface area contributed by atoms with E-state index in [1.54, 1.807) is 19.2 Å². The van der Waals surface area contributed by atoms with Gasteiger partial charge in [-0.1, -0.05) is 24.3 Å². The fourth-order valence-corrected chi connectivity index (χ4v) is 2.55. The molecule has 3 aromatic rings. The minimum absolute atomic E-state index is 0.00724. The summed E-state index contributed by atoms with van der Waals surface area (Å²) in [4.78, 5) is 25.0. The summed E-state index contributed by atoms with van der Waals surface area (Å²) in [5, 5.41) is 5.19. The molecule has 0 spiro atoms. The lowest BCUT2D eigenvalue weighted by Gasteiger charge is -2.08. The number of rotatable bonds is 5. The standard InChI is InChI=1S/C15H17NO2.C6H6N2O/c1-11(17)16-9-8-13-5-3-4-12-6-7-14(18-2)10-15(12)13;7-6(9)5-1-3-8-4-2-5/h3-7,10H,8-9H2,1-2H3,(H,16,17);1-4H,(H2,7,9). The molecule has 0 atom stereocenters. The van der Waals surface area contributed by atoms with Crippen molar-refractivity contribution in [1.82, 2.24) is 10.3 Å². The Morgan fingerprint density at radius 3 is 2.44 bits per heavy atom. The Labute approximate surface area is 158 Å². The van der Waals surface area contributed by atoms with Gasteiger partial charge in [-0.25, -0.2) is 0 Å². The number of nitrogens with zero attached hydrogens (tertiary/aromatic N) is 1. The van der Waals surface area contributed by atoms with Gasteiger partial charge in [0.05, 0.1) is 7.11 Å². The maximum atomic E-state index is 10.9. The van der Waals surface area contributed by atoms with Gasteiger partial charge in [-0.2, -0.15) is 0 Å². The van der Waals surface area contributed by atoms with Gasteiger partial charge in [0.1, 0.15) is 5.75 Å². The van der Waals surface area contributed by atoms with Crippen LogP contribution in [0.2, 0.25) is 0 Å². The van der Waals surface area contributed by atoms with Gasteiger partial charge >= 0.3 is 0 Å². The third-order valence-corrected chi connectivity index (χ3v) is 3.91. The fourth-order valence-electron chi connectivity index (χ4n) is 2.55. The van der Waals surface area contributed by atoms with Crippen LogP contribution in [0.25, 0.3) is 10.8 Å². The molecule has 0 aliphatic carbocycles. The van der Waals surface area contributed by atoms with E-state index in [-0.39, 0.29) is 5.91 Å². The Morgan fingerprint density at radius 1 is 1.11 bits per heavy atom. The number of ether oxygens (including phenoxy) is 1. The summed E-state index contributed by atoms with van der Waals surface area (Å²) in [5.74, 6) is 0.444.